The number of hydrogen-bond donors (Lipinski definition) is 0. The van der Waals surface area contributed by atoms with E-state index in [1.54, 1.807) is 0 Å². The smallest absolute Gasteiger partial charge is 0.416 e. The van der Waals surface area contributed by atoms with Gasteiger partial charge in [0.15, 0.2) is 0 Å². The van der Waals surface area contributed by atoms with Gasteiger partial charge in [-0.2, -0.15) is 0 Å². The average molecular weight is 212 g/mol. The minimum Gasteiger partial charge on any atom is -0.447 e. The fraction of sp³-hybridized carbons (Fsp3) is 0.750. The number of azide groups is 1. The number of ether oxygens (including phenoxy) is 1. The molecule has 0 saturated carbocycles. The molecule has 1 heterocycles. The summed E-state index contributed by atoms with van der Waals surface area (Å²) < 4.78 is 4.63. The molecule has 0 spiro atoms. The number of carbonyl (C=O) groups is 2. The van der Waals surface area contributed by atoms with Crippen LogP contribution in [0, 0.1) is 0 Å². The first-order chi connectivity index (χ1) is 7.25. The third-order valence-corrected chi connectivity index (χ3v) is 2.02. The van der Waals surface area contributed by atoms with Crippen molar-refractivity contribution in [3.8, 4) is 0 Å². The Morgan fingerprint density at radius 1 is 1.60 bits per heavy atom. The van der Waals surface area contributed by atoms with Crippen LogP contribution in [0.2, 0.25) is 0 Å². The second-order valence-corrected chi connectivity index (χ2v) is 3.07. The largest absolute Gasteiger partial charge is 0.447 e. The second kappa shape index (κ2) is 5.87. The fourth-order valence-corrected chi connectivity index (χ4v) is 1.26. The highest BCUT2D eigenvalue weighted by Gasteiger charge is 2.27. The monoisotopic (exact) mass is 212 g/mol. The van der Waals surface area contributed by atoms with Crippen molar-refractivity contribution in [1.82, 2.24) is 4.90 Å². The summed E-state index contributed by atoms with van der Waals surface area (Å²) in [6.45, 7) is 1.01. The Balaban J connectivity index is 2.18. The molecule has 0 bridgehead atoms. The lowest BCUT2D eigenvalue weighted by atomic mass is 10.2. The van der Waals surface area contributed by atoms with Crippen LogP contribution < -0.4 is 0 Å². The maximum atomic E-state index is 11.4. The van der Waals surface area contributed by atoms with E-state index >= 15 is 0 Å². The summed E-state index contributed by atoms with van der Waals surface area (Å²) in [5.41, 5.74) is 8.00. The summed E-state index contributed by atoms with van der Waals surface area (Å²) in [4.78, 5) is 26.1. The number of amides is 2. The maximum Gasteiger partial charge on any atom is 0.416 e. The topological polar surface area (TPSA) is 95.4 Å². The molecule has 0 atom stereocenters. The third kappa shape index (κ3) is 3.47. The van der Waals surface area contributed by atoms with E-state index in [-0.39, 0.29) is 18.9 Å². The number of cyclic esters (lactones) is 1. The minimum absolute atomic E-state index is 0.224. The van der Waals surface area contributed by atoms with Crippen LogP contribution >= 0.6 is 0 Å². The molecule has 1 fully saturated rings. The Labute approximate surface area is 86.6 Å². The average Bonchev–Trinajstić information content (AvgIpc) is 2.64. The number of rotatable bonds is 5. The van der Waals surface area contributed by atoms with E-state index in [4.69, 9.17) is 5.53 Å². The molecule has 0 aromatic heterocycles. The molecule has 0 radical (unpaired) electrons. The first kappa shape index (κ1) is 11.3. The van der Waals surface area contributed by atoms with E-state index in [9.17, 15) is 9.59 Å². The van der Waals surface area contributed by atoms with Gasteiger partial charge >= 0.3 is 6.09 Å². The molecule has 7 nitrogen and oxygen atoms in total. The summed E-state index contributed by atoms with van der Waals surface area (Å²) in [5.74, 6) is -0.224. The molecule has 1 aliphatic heterocycles. The number of carbonyl (C=O) groups excluding carboxylic acids is 2. The number of unbranched alkanes of at least 4 members (excludes halogenated alkanes) is 1. The first-order valence-corrected chi connectivity index (χ1v) is 4.73. The molecular formula is C8H12N4O3. The quantitative estimate of drug-likeness (QED) is 0.298. The minimum atomic E-state index is -0.560. The summed E-state index contributed by atoms with van der Waals surface area (Å²) in [5, 5.41) is 3.35. The fourth-order valence-electron chi connectivity index (χ4n) is 1.26. The molecule has 1 saturated heterocycles. The third-order valence-electron chi connectivity index (χ3n) is 2.02. The number of nitrogens with zero attached hydrogens (tertiary/aromatic N) is 4. The Morgan fingerprint density at radius 2 is 2.40 bits per heavy atom. The Kier molecular flexibility index (Phi) is 4.43. The normalized spacial score (nSPS) is 14.7. The Hall–Kier alpha value is -1.75. The van der Waals surface area contributed by atoms with Gasteiger partial charge in [0.1, 0.15) is 6.61 Å². The van der Waals surface area contributed by atoms with Gasteiger partial charge < -0.3 is 4.74 Å². The van der Waals surface area contributed by atoms with Gasteiger partial charge in [-0.15, -0.1) is 0 Å². The van der Waals surface area contributed by atoms with Crippen LogP contribution in [0.5, 0.6) is 0 Å². The molecule has 7 heteroatoms. The summed E-state index contributed by atoms with van der Waals surface area (Å²) in [6, 6.07) is 0. The van der Waals surface area contributed by atoms with Gasteiger partial charge in [0.2, 0.25) is 5.91 Å². The first-order valence-electron chi connectivity index (χ1n) is 4.73. The van der Waals surface area contributed by atoms with E-state index < -0.39 is 6.09 Å². The zero-order chi connectivity index (χ0) is 11.1. The second-order valence-electron chi connectivity index (χ2n) is 3.07. The van der Waals surface area contributed by atoms with Crippen LogP contribution in [0.1, 0.15) is 19.3 Å². The predicted molar refractivity (Wildman–Crippen MR) is 50.9 cm³/mol. The van der Waals surface area contributed by atoms with Crippen molar-refractivity contribution in [3.63, 3.8) is 0 Å². The van der Waals surface area contributed by atoms with Crippen molar-refractivity contribution >= 4 is 12.0 Å². The van der Waals surface area contributed by atoms with Crippen LogP contribution in [-0.4, -0.2) is 36.6 Å². The molecule has 0 aliphatic carbocycles. The summed E-state index contributed by atoms with van der Waals surface area (Å²) in [6.07, 6.45) is 0.992. The van der Waals surface area contributed by atoms with Crippen LogP contribution in [0.4, 0.5) is 4.79 Å². The summed E-state index contributed by atoms with van der Waals surface area (Å²) in [7, 11) is 0. The van der Waals surface area contributed by atoms with Crippen molar-refractivity contribution in [1.29, 1.82) is 0 Å². The lowest BCUT2D eigenvalue weighted by Gasteiger charge is -2.09. The molecule has 82 valence electrons. The van der Waals surface area contributed by atoms with Crippen molar-refractivity contribution < 1.29 is 14.3 Å². The molecule has 1 aliphatic rings. The van der Waals surface area contributed by atoms with Crippen LogP contribution in [0.15, 0.2) is 5.11 Å². The highest BCUT2D eigenvalue weighted by atomic mass is 16.6. The lowest BCUT2D eigenvalue weighted by molar-refractivity contribution is -0.127. The van der Waals surface area contributed by atoms with Crippen LogP contribution in [0.25, 0.3) is 10.4 Å². The van der Waals surface area contributed by atoms with E-state index in [0.29, 0.717) is 25.9 Å². The van der Waals surface area contributed by atoms with Crippen LogP contribution in [-0.2, 0) is 9.53 Å². The molecule has 15 heavy (non-hydrogen) atoms. The summed E-state index contributed by atoms with van der Waals surface area (Å²) >= 11 is 0. The highest BCUT2D eigenvalue weighted by Crippen LogP contribution is 2.07. The van der Waals surface area contributed by atoms with Crippen molar-refractivity contribution in [3.05, 3.63) is 10.4 Å². The Bertz CT molecular complexity index is 298. The van der Waals surface area contributed by atoms with E-state index in [1.807, 2.05) is 0 Å². The molecule has 0 aromatic rings. The van der Waals surface area contributed by atoms with Gasteiger partial charge in [-0.1, -0.05) is 5.11 Å². The van der Waals surface area contributed by atoms with Crippen LogP contribution in [0.3, 0.4) is 0 Å². The van der Waals surface area contributed by atoms with Gasteiger partial charge in [0, 0.05) is 17.9 Å². The SMILES string of the molecule is [N-]=[N+]=NCCCCC(=O)N1CCOC1=O. The zero-order valence-electron chi connectivity index (χ0n) is 8.26. The van der Waals surface area contributed by atoms with Crippen molar-refractivity contribution in [2.45, 2.75) is 19.3 Å². The van der Waals surface area contributed by atoms with Gasteiger partial charge in [-0.25, -0.2) is 9.69 Å². The molecule has 0 unspecified atom stereocenters. The molecule has 2 amide bonds. The van der Waals surface area contributed by atoms with E-state index in [2.05, 4.69) is 14.8 Å². The number of imide groups is 1. The number of hydrogen-bond acceptors (Lipinski definition) is 4. The molecule has 1 rings (SSSR count). The van der Waals surface area contributed by atoms with Gasteiger partial charge in [0.25, 0.3) is 0 Å². The standard InChI is InChI=1S/C8H12N4O3/c9-11-10-4-2-1-3-7(13)12-5-6-15-8(12)14/h1-6H2. The lowest BCUT2D eigenvalue weighted by Crippen LogP contribution is -2.31. The highest BCUT2D eigenvalue weighted by molar-refractivity contribution is 5.92. The van der Waals surface area contributed by atoms with Crippen molar-refractivity contribution in [2.75, 3.05) is 19.7 Å². The van der Waals surface area contributed by atoms with E-state index in [1.165, 1.54) is 0 Å². The van der Waals surface area contributed by atoms with Gasteiger partial charge in [0.05, 0.1) is 6.54 Å². The van der Waals surface area contributed by atoms with E-state index in [0.717, 1.165) is 4.90 Å². The predicted octanol–water partition coefficient (Wildman–Crippen LogP) is 1.45. The van der Waals surface area contributed by atoms with Gasteiger partial charge in [-0.05, 0) is 18.4 Å². The maximum absolute atomic E-state index is 11.4. The van der Waals surface area contributed by atoms with Crippen molar-refractivity contribution in [2.24, 2.45) is 5.11 Å². The zero-order valence-corrected chi connectivity index (χ0v) is 8.26. The van der Waals surface area contributed by atoms with Gasteiger partial charge in [-0.3, -0.25) is 4.79 Å². The molecule has 0 N–H and O–H groups in total. The Morgan fingerprint density at radius 3 is 3.00 bits per heavy atom. The molecule has 0 aromatic carbocycles. The molecular weight excluding hydrogens is 200 g/mol.